The lowest BCUT2D eigenvalue weighted by atomic mass is 10.0. The highest BCUT2D eigenvalue weighted by Crippen LogP contribution is 2.23. The molecule has 4 aromatic rings. The predicted molar refractivity (Wildman–Crippen MR) is 109 cm³/mol. The lowest BCUT2D eigenvalue weighted by Crippen LogP contribution is -2.02. The minimum absolute atomic E-state index is 0.0122. The van der Waals surface area contributed by atoms with Crippen LogP contribution in [-0.2, 0) is 0 Å². The van der Waals surface area contributed by atoms with Crippen LogP contribution >= 0.6 is 11.8 Å². The van der Waals surface area contributed by atoms with Crippen LogP contribution in [0.5, 0.6) is 0 Å². The van der Waals surface area contributed by atoms with Crippen molar-refractivity contribution in [1.82, 2.24) is 15.2 Å². The highest BCUT2D eigenvalue weighted by Gasteiger charge is 2.12. The molecular weight excluding hydrogens is 373 g/mol. The fourth-order valence-corrected chi connectivity index (χ4v) is 3.47. The van der Waals surface area contributed by atoms with E-state index in [4.69, 9.17) is 0 Å². The maximum absolute atomic E-state index is 13.8. The van der Waals surface area contributed by atoms with Crippen molar-refractivity contribution >= 4 is 17.5 Å². The minimum Gasteiger partial charge on any atom is -0.293 e. The Labute approximate surface area is 165 Å². The first-order chi connectivity index (χ1) is 13.7. The van der Waals surface area contributed by atoms with Crippen molar-refractivity contribution in [2.45, 2.75) is 5.16 Å². The van der Waals surface area contributed by atoms with Gasteiger partial charge in [0, 0.05) is 5.56 Å². The van der Waals surface area contributed by atoms with Gasteiger partial charge in [0.2, 0.25) is 5.16 Å². The van der Waals surface area contributed by atoms with Crippen LogP contribution in [0.25, 0.3) is 22.5 Å². The lowest BCUT2D eigenvalue weighted by Gasteiger charge is -2.03. The number of nitrogens with zero attached hydrogens (tertiary/aromatic N) is 2. The summed E-state index contributed by atoms with van der Waals surface area (Å²) in [5.41, 5.74) is 3.16. The Hall–Kier alpha value is -3.25. The molecule has 0 unspecified atom stereocenters. The Balaban J connectivity index is 1.40. The molecule has 0 aliphatic heterocycles. The number of Topliss-reactive ketones (excluding diaryl/α,β-unsaturated/α-hetero) is 1. The molecule has 138 valence electrons. The maximum Gasteiger partial charge on any atom is 0.209 e. The van der Waals surface area contributed by atoms with Crippen LogP contribution in [0, 0.1) is 5.82 Å². The van der Waals surface area contributed by atoms with Gasteiger partial charge in [-0.2, -0.15) is 0 Å². The lowest BCUT2D eigenvalue weighted by molar-refractivity contribution is 0.102. The van der Waals surface area contributed by atoms with E-state index in [1.165, 1.54) is 17.8 Å². The summed E-state index contributed by atoms with van der Waals surface area (Å²) in [5, 5.41) is 7.19. The summed E-state index contributed by atoms with van der Waals surface area (Å²) in [6.07, 6.45) is 0. The van der Waals surface area contributed by atoms with Crippen molar-refractivity contribution < 1.29 is 9.18 Å². The SMILES string of the molecule is O=C(CSc1n[nH]c(-c2ccccc2F)n1)c1ccc(-c2ccccc2)cc1. The molecule has 1 heterocycles. The van der Waals surface area contributed by atoms with Gasteiger partial charge in [-0.3, -0.25) is 9.89 Å². The van der Waals surface area contributed by atoms with Gasteiger partial charge in [0.1, 0.15) is 5.82 Å². The third kappa shape index (κ3) is 4.02. The maximum atomic E-state index is 13.8. The molecule has 1 aromatic heterocycles. The number of rotatable bonds is 6. The number of thioether (sulfide) groups is 1. The number of carbonyl (C=O) groups is 1. The van der Waals surface area contributed by atoms with Crippen LogP contribution < -0.4 is 0 Å². The third-order valence-corrected chi connectivity index (χ3v) is 5.09. The molecule has 0 spiro atoms. The van der Waals surface area contributed by atoms with Gasteiger partial charge in [-0.1, -0.05) is 78.5 Å². The first-order valence-electron chi connectivity index (χ1n) is 8.69. The molecule has 4 nitrogen and oxygen atoms in total. The van der Waals surface area contributed by atoms with Crippen LogP contribution in [0.3, 0.4) is 0 Å². The molecule has 0 aliphatic carbocycles. The molecule has 0 bridgehead atoms. The van der Waals surface area contributed by atoms with Crippen molar-refractivity contribution in [3.8, 4) is 22.5 Å². The van der Waals surface area contributed by atoms with E-state index in [1.807, 2.05) is 54.6 Å². The highest BCUT2D eigenvalue weighted by atomic mass is 32.2. The fraction of sp³-hybridized carbons (Fsp3) is 0.0455. The summed E-state index contributed by atoms with van der Waals surface area (Å²) >= 11 is 1.22. The molecule has 0 amide bonds. The summed E-state index contributed by atoms with van der Waals surface area (Å²) in [7, 11) is 0. The molecule has 1 N–H and O–H groups in total. The molecular formula is C22H16FN3OS. The summed E-state index contributed by atoms with van der Waals surface area (Å²) in [4.78, 5) is 16.7. The summed E-state index contributed by atoms with van der Waals surface area (Å²) in [6.45, 7) is 0. The zero-order valence-electron chi connectivity index (χ0n) is 14.8. The first-order valence-corrected chi connectivity index (χ1v) is 9.68. The minimum atomic E-state index is -0.371. The Morgan fingerprint density at radius 1 is 0.893 bits per heavy atom. The second kappa shape index (κ2) is 8.19. The summed E-state index contributed by atoms with van der Waals surface area (Å²) in [5.74, 6) is 0.172. The Bertz CT molecular complexity index is 1090. The number of halogens is 1. The van der Waals surface area contributed by atoms with Crippen molar-refractivity contribution in [2.24, 2.45) is 0 Å². The monoisotopic (exact) mass is 389 g/mol. The molecule has 28 heavy (non-hydrogen) atoms. The topological polar surface area (TPSA) is 58.6 Å². The van der Waals surface area contributed by atoms with Crippen molar-refractivity contribution in [3.05, 3.63) is 90.2 Å². The molecule has 3 aromatic carbocycles. The smallest absolute Gasteiger partial charge is 0.209 e. The average molecular weight is 389 g/mol. The van der Waals surface area contributed by atoms with Gasteiger partial charge in [0.25, 0.3) is 0 Å². The Morgan fingerprint density at radius 2 is 1.57 bits per heavy atom. The number of H-pyrrole nitrogens is 1. The van der Waals surface area contributed by atoms with E-state index in [0.29, 0.717) is 22.1 Å². The number of hydrogen-bond donors (Lipinski definition) is 1. The molecule has 0 saturated heterocycles. The number of aromatic amines is 1. The molecule has 0 atom stereocenters. The Kier molecular flexibility index (Phi) is 5.30. The number of aromatic nitrogens is 3. The fourth-order valence-electron chi connectivity index (χ4n) is 2.78. The average Bonchev–Trinajstić information content (AvgIpc) is 3.22. The van der Waals surface area contributed by atoms with E-state index in [9.17, 15) is 9.18 Å². The highest BCUT2D eigenvalue weighted by molar-refractivity contribution is 7.99. The van der Waals surface area contributed by atoms with Gasteiger partial charge >= 0.3 is 0 Å². The number of carbonyl (C=O) groups excluding carboxylic acids is 1. The van der Waals surface area contributed by atoms with Crippen LogP contribution in [0.4, 0.5) is 4.39 Å². The Morgan fingerprint density at radius 3 is 2.32 bits per heavy atom. The largest absolute Gasteiger partial charge is 0.293 e. The van der Waals surface area contributed by atoms with Gasteiger partial charge in [-0.15, -0.1) is 5.10 Å². The number of ketones is 1. The quantitative estimate of drug-likeness (QED) is 0.361. The van der Waals surface area contributed by atoms with E-state index < -0.39 is 0 Å². The number of hydrogen-bond acceptors (Lipinski definition) is 4. The second-order valence-corrected chi connectivity index (χ2v) is 7.04. The zero-order chi connectivity index (χ0) is 19.3. The van der Waals surface area contributed by atoms with Crippen molar-refractivity contribution in [2.75, 3.05) is 5.75 Å². The third-order valence-electron chi connectivity index (χ3n) is 4.24. The van der Waals surface area contributed by atoms with E-state index in [0.717, 1.165) is 11.1 Å². The molecule has 0 aliphatic rings. The summed E-state index contributed by atoms with van der Waals surface area (Å²) < 4.78 is 13.8. The molecule has 6 heteroatoms. The van der Waals surface area contributed by atoms with Crippen molar-refractivity contribution in [3.63, 3.8) is 0 Å². The van der Waals surface area contributed by atoms with Crippen LogP contribution in [0.15, 0.2) is 84.0 Å². The van der Waals surface area contributed by atoms with Gasteiger partial charge < -0.3 is 0 Å². The van der Waals surface area contributed by atoms with Crippen LogP contribution in [0.1, 0.15) is 10.4 Å². The standard InChI is InChI=1S/C22H16FN3OS/c23-19-9-5-4-8-18(19)21-24-22(26-25-21)28-14-20(27)17-12-10-16(11-13-17)15-6-2-1-3-7-15/h1-13H,14H2,(H,24,25,26). The normalized spacial score (nSPS) is 10.8. The van der Waals surface area contributed by atoms with E-state index in [1.54, 1.807) is 18.2 Å². The van der Waals surface area contributed by atoms with Crippen LogP contribution in [-0.4, -0.2) is 26.7 Å². The zero-order valence-corrected chi connectivity index (χ0v) is 15.6. The molecule has 0 fully saturated rings. The predicted octanol–water partition coefficient (Wildman–Crippen LogP) is 5.25. The van der Waals surface area contributed by atoms with Gasteiger partial charge in [0.15, 0.2) is 11.6 Å². The summed E-state index contributed by atoms with van der Waals surface area (Å²) in [6, 6.07) is 23.9. The van der Waals surface area contributed by atoms with E-state index in [-0.39, 0.29) is 17.4 Å². The van der Waals surface area contributed by atoms with Crippen molar-refractivity contribution in [1.29, 1.82) is 0 Å². The van der Waals surface area contributed by atoms with Gasteiger partial charge in [-0.05, 0) is 23.3 Å². The molecule has 0 saturated carbocycles. The second-order valence-electron chi connectivity index (χ2n) is 6.10. The number of benzene rings is 3. The molecule has 4 rings (SSSR count). The van der Waals surface area contributed by atoms with Crippen LogP contribution in [0.2, 0.25) is 0 Å². The van der Waals surface area contributed by atoms with Gasteiger partial charge in [-0.25, -0.2) is 9.37 Å². The molecule has 0 radical (unpaired) electrons. The van der Waals surface area contributed by atoms with Gasteiger partial charge in [0.05, 0.1) is 11.3 Å². The number of nitrogens with one attached hydrogen (secondary N) is 1. The first kappa shape index (κ1) is 18.1. The van der Waals surface area contributed by atoms with E-state index >= 15 is 0 Å². The van der Waals surface area contributed by atoms with E-state index in [2.05, 4.69) is 15.2 Å².